The molecule has 2 aliphatic heterocycles. The molecule has 2 heteroatoms. The van der Waals surface area contributed by atoms with E-state index in [4.69, 9.17) is 0 Å². The quantitative estimate of drug-likeness (QED) is 0.177. The highest BCUT2D eigenvalue weighted by molar-refractivity contribution is 6.93. The van der Waals surface area contributed by atoms with Gasteiger partial charge in [0.15, 0.2) is 0 Å². The van der Waals surface area contributed by atoms with E-state index in [0.717, 1.165) is 0 Å². The molecule has 0 saturated carbocycles. The Balaban J connectivity index is 1.41. The smallest absolute Gasteiger partial charge is 0.329 e. The van der Waals surface area contributed by atoms with Crippen LogP contribution in [0.4, 0.5) is 11.4 Å². The predicted octanol–water partition coefficient (Wildman–Crippen LogP) is 9.20. The standard InChI is InChI=1S/C40H24BN/c1-4-13-29-22-37-33(19-26(29)10-1)34-20-27-11-2-5-14-30(27)23-38(34)42-39-24-31-15-6-3-12-28(31)21-35(39)40-32-16-8-7-9-25(32)17-18-36(40)41(37)42/h1-24H. The van der Waals surface area contributed by atoms with Gasteiger partial charge in [-0.15, -0.1) is 0 Å². The Morgan fingerprint density at radius 1 is 0.357 bits per heavy atom. The maximum absolute atomic E-state index is 2.64. The molecule has 0 radical (unpaired) electrons. The van der Waals surface area contributed by atoms with Gasteiger partial charge in [-0.05, 0) is 95.5 Å². The topological polar surface area (TPSA) is 3.24 Å². The Bertz CT molecular complexity index is 2340. The summed E-state index contributed by atoms with van der Waals surface area (Å²) >= 11 is 0. The second-order valence-electron chi connectivity index (χ2n) is 11.7. The fourth-order valence-electron chi connectivity index (χ4n) is 7.66. The highest BCUT2D eigenvalue weighted by Crippen LogP contribution is 2.49. The Labute approximate surface area is 244 Å². The van der Waals surface area contributed by atoms with Crippen LogP contribution in [0.15, 0.2) is 146 Å². The molecule has 192 valence electrons. The van der Waals surface area contributed by atoms with Crippen LogP contribution in [0.3, 0.4) is 0 Å². The SMILES string of the molecule is c1ccc2cc3c(cc2c1)B1c2ccc4ccccc4c2-c2cc4ccccc4cc2N1c1cc2ccccc2cc1-3. The number of hydrogen-bond donors (Lipinski definition) is 0. The number of rotatable bonds is 0. The molecule has 0 spiro atoms. The molecule has 0 saturated heterocycles. The van der Waals surface area contributed by atoms with Crippen LogP contribution < -0.4 is 15.7 Å². The van der Waals surface area contributed by atoms with Crippen LogP contribution in [-0.4, -0.2) is 6.85 Å². The highest BCUT2D eigenvalue weighted by atomic mass is 15.1. The summed E-state index contributed by atoms with van der Waals surface area (Å²) in [5.41, 5.74) is 10.6. The lowest BCUT2D eigenvalue weighted by atomic mass is 9.42. The van der Waals surface area contributed by atoms with Crippen molar-refractivity contribution in [1.29, 1.82) is 0 Å². The van der Waals surface area contributed by atoms with Gasteiger partial charge in [-0.1, -0.05) is 115 Å². The summed E-state index contributed by atoms with van der Waals surface area (Å²) in [7, 11) is 0. The van der Waals surface area contributed by atoms with E-state index in [1.165, 1.54) is 87.6 Å². The third kappa shape index (κ3) is 2.94. The molecule has 1 nitrogen and oxygen atoms in total. The second kappa shape index (κ2) is 8.12. The highest BCUT2D eigenvalue weighted by Gasteiger charge is 2.43. The monoisotopic (exact) mass is 529 g/mol. The molecule has 0 atom stereocenters. The zero-order valence-corrected chi connectivity index (χ0v) is 22.9. The van der Waals surface area contributed by atoms with Crippen LogP contribution in [0.2, 0.25) is 0 Å². The van der Waals surface area contributed by atoms with Crippen molar-refractivity contribution in [3.8, 4) is 22.3 Å². The van der Waals surface area contributed by atoms with Gasteiger partial charge in [-0.3, -0.25) is 0 Å². The molecular weight excluding hydrogens is 505 g/mol. The fraction of sp³-hybridized carbons (Fsp3) is 0. The van der Waals surface area contributed by atoms with Crippen molar-refractivity contribution in [2.45, 2.75) is 0 Å². The molecule has 0 fully saturated rings. The predicted molar refractivity (Wildman–Crippen MR) is 181 cm³/mol. The van der Waals surface area contributed by atoms with Crippen molar-refractivity contribution in [3.63, 3.8) is 0 Å². The third-order valence-corrected chi connectivity index (χ3v) is 9.53. The zero-order chi connectivity index (χ0) is 27.4. The summed E-state index contributed by atoms with van der Waals surface area (Å²) in [4.78, 5) is 2.64. The molecule has 10 rings (SSSR count). The average molecular weight is 529 g/mol. The minimum atomic E-state index is 0.0616. The Hall–Kier alpha value is -5.34. The maximum Gasteiger partial charge on any atom is 0.329 e. The molecule has 42 heavy (non-hydrogen) atoms. The van der Waals surface area contributed by atoms with Gasteiger partial charge in [0, 0.05) is 22.5 Å². The van der Waals surface area contributed by atoms with Gasteiger partial charge in [0.25, 0.3) is 0 Å². The summed E-state index contributed by atoms with van der Waals surface area (Å²) in [6.45, 7) is 0.0616. The van der Waals surface area contributed by atoms with Crippen LogP contribution in [-0.2, 0) is 0 Å². The van der Waals surface area contributed by atoms with E-state index in [1.54, 1.807) is 0 Å². The van der Waals surface area contributed by atoms with Gasteiger partial charge in [0.1, 0.15) is 0 Å². The number of benzene rings is 8. The van der Waals surface area contributed by atoms with Gasteiger partial charge >= 0.3 is 6.85 Å². The first-order chi connectivity index (χ1) is 20.8. The Morgan fingerprint density at radius 3 is 1.48 bits per heavy atom. The number of anilines is 2. The molecule has 2 heterocycles. The van der Waals surface area contributed by atoms with E-state index in [2.05, 4.69) is 150 Å². The first kappa shape index (κ1) is 22.4. The number of fused-ring (bicyclic) bond motifs is 16. The van der Waals surface area contributed by atoms with E-state index in [1.807, 2.05) is 0 Å². The molecule has 0 aliphatic carbocycles. The second-order valence-corrected chi connectivity index (χ2v) is 11.7. The van der Waals surface area contributed by atoms with E-state index in [9.17, 15) is 0 Å². The number of nitrogens with zero attached hydrogens (tertiary/aromatic N) is 1. The minimum Gasteiger partial charge on any atom is -0.376 e. The van der Waals surface area contributed by atoms with Crippen LogP contribution in [0.5, 0.6) is 0 Å². The lowest BCUT2D eigenvalue weighted by Crippen LogP contribution is -2.59. The van der Waals surface area contributed by atoms with Gasteiger partial charge in [-0.25, -0.2) is 0 Å². The van der Waals surface area contributed by atoms with Gasteiger partial charge in [0.2, 0.25) is 0 Å². The molecule has 0 aromatic heterocycles. The van der Waals surface area contributed by atoms with E-state index in [-0.39, 0.29) is 6.85 Å². The van der Waals surface area contributed by atoms with Gasteiger partial charge in [-0.2, -0.15) is 0 Å². The van der Waals surface area contributed by atoms with Crippen molar-refractivity contribution in [1.82, 2.24) is 0 Å². The van der Waals surface area contributed by atoms with Gasteiger partial charge in [0.05, 0.1) is 0 Å². The van der Waals surface area contributed by atoms with Crippen molar-refractivity contribution in [3.05, 3.63) is 146 Å². The molecule has 0 unspecified atom stereocenters. The molecule has 2 aliphatic rings. The lowest BCUT2D eigenvalue weighted by molar-refractivity contribution is 1.37. The van der Waals surface area contributed by atoms with Crippen molar-refractivity contribution in [2.75, 3.05) is 4.81 Å². The van der Waals surface area contributed by atoms with E-state index < -0.39 is 0 Å². The Morgan fingerprint density at radius 2 is 0.833 bits per heavy atom. The van der Waals surface area contributed by atoms with Crippen LogP contribution in [0.25, 0.3) is 65.3 Å². The third-order valence-electron chi connectivity index (χ3n) is 9.53. The molecule has 0 bridgehead atoms. The summed E-state index contributed by atoms with van der Waals surface area (Å²) in [5.74, 6) is 0. The average Bonchev–Trinajstić information content (AvgIpc) is 3.05. The van der Waals surface area contributed by atoms with Crippen molar-refractivity contribution in [2.24, 2.45) is 0 Å². The summed E-state index contributed by atoms with van der Waals surface area (Å²) < 4.78 is 0. The number of hydrogen-bond acceptors (Lipinski definition) is 1. The first-order valence-corrected chi connectivity index (χ1v) is 14.7. The van der Waals surface area contributed by atoms with Crippen LogP contribution in [0.1, 0.15) is 0 Å². The fourth-order valence-corrected chi connectivity index (χ4v) is 7.66. The minimum absolute atomic E-state index is 0.0616. The molecule has 8 aromatic rings. The first-order valence-electron chi connectivity index (χ1n) is 14.7. The summed E-state index contributed by atoms with van der Waals surface area (Å²) in [5, 5.41) is 10.3. The molecule has 8 aromatic carbocycles. The zero-order valence-electron chi connectivity index (χ0n) is 22.9. The van der Waals surface area contributed by atoms with Gasteiger partial charge < -0.3 is 4.81 Å². The molecule has 0 N–H and O–H groups in total. The van der Waals surface area contributed by atoms with Crippen molar-refractivity contribution >= 4 is 72.2 Å². The van der Waals surface area contributed by atoms with E-state index >= 15 is 0 Å². The van der Waals surface area contributed by atoms with Crippen LogP contribution in [0, 0.1) is 0 Å². The molecule has 0 amide bonds. The van der Waals surface area contributed by atoms with E-state index in [0.29, 0.717) is 0 Å². The van der Waals surface area contributed by atoms with Crippen molar-refractivity contribution < 1.29 is 0 Å². The van der Waals surface area contributed by atoms with Crippen LogP contribution >= 0.6 is 0 Å². The summed E-state index contributed by atoms with van der Waals surface area (Å²) in [6, 6.07) is 54.5. The normalized spacial score (nSPS) is 13.1. The summed E-state index contributed by atoms with van der Waals surface area (Å²) in [6.07, 6.45) is 0. The maximum atomic E-state index is 2.64. The Kier molecular flexibility index (Phi) is 4.32. The molecular formula is C40H24BN. The largest absolute Gasteiger partial charge is 0.376 e. The lowest BCUT2D eigenvalue weighted by Gasteiger charge is -2.44.